The minimum absolute atomic E-state index is 0.174. The highest BCUT2D eigenvalue weighted by atomic mass is 79.9. The summed E-state index contributed by atoms with van der Waals surface area (Å²) in [5.41, 5.74) is 5.09. The predicted octanol–water partition coefficient (Wildman–Crippen LogP) is 5.95. The molecule has 0 aliphatic rings. The zero-order chi connectivity index (χ0) is 14.7. The van der Waals surface area contributed by atoms with Crippen molar-refractivity contribution in [2.75, 3.05) is 6.61 Å². The summed E-state index contributed by atoms with van der Waals surface area (Å²) in [6.45, 7) is 6.94. The van der Waals surface area contributed by atoms with E-state index in [1.165, 1.54) is 22.3 Å². The molecule has 0 amide bonds. The molecule has 0 aromatic heterocycles. The van der Waals surface area contributed by atoms with Gasteiger partial charge in [-0.25, -0.2) is 0 Å². The number of ether oxygens (including phenoxy) is 1. The van der Waals surface area contributed by atoms with Crippen LogP contribution >= 0.6 is 31.9 Å². The molecule has 2 rings (SSSR count). The van der Waals surface area contributed by atoms with Gasteiger partial charge in [0.25, 0.3) is 0 Å². The molecule has 0 bridgehead atoms. The largest absolute Gasteiger partial charge is 0.494 e. The van der Waals surface area contributed by atoms with Crippen LogP contribution in [0.25, 0.3) is 0 Å². The Morgan fingerprint density at radius 1 is 1.05 bits per heavy atom. The standard InChI is InChI=1S/C17H18Br2O/c1-4-20-13-6-8-15(16(18)10-13)17(19)14-7-5-11(2)9-12(14)3/h5-10,17H,4H2,1-3H3. The van der Waals surface area contributed by atoms with Crippen molar-refractivity contribution in [2.45, 2.75) is 25.6 Å². The SMILES string of the molecule is CCOc1ccc(C(Br)c2ccc(C)cc2C)c(Br)c1. The third-order valence-electron chi connectivity index (χ3n) is 3.25. The van der Waals surface area contributed by atoms with Gasteiger partial charge in [0, 0.05) is 4.47 Å². The molecular weight excluding hydrogens is 380 g/mol. The van der Waals surface area contributed by atoms with Gasteiger partial charge in [0.15, 0.2) is 0 Å². The number of aryl methyl sites for hydroxylation is 2. The maximum absolute atomic E-state index is 5.52. The maximum Gasteiger partial charge on any atom is 0.120 e. The van der Waals surface area contributed by atoms with Crippen LogP contribution in [0, 0.1) is 13.8 Å². The summed E-state index contributed by atoms with van der Waals surface area (Å²) in [7, 11) is 0. The Hall–Kier alpha value is -0.800. The van der Waals surface area contributed by atoms with E-state index >= 15 is 0 Å². The van der Waals surface area contributed by atoms with Crippen molar-refractivity contribution in [3.8, 4) is 5.75 Å². The molecule has 0 aliphatic carbocycles. The van der Waals surface area contributed by atoms with Gasteiger partial charge in [-0.2, -0.15) is 0 Å². The van der Waals surface area contributed by atoms with Crippen molar-refractivity contribution < 1.29 is 4.74 Å². The summed E-state index contributed by atoms with van der Waals surface area (Å²) >= 11 is 7.46. The van der Waals surface area contributed by atoms with E-state index in [1.807, 2.05) is 19.1 Å². The first-order valence-corrected chi connectivity index (χ1v) is 8.37. The lowest BCUT2D eigenvalue weighted by Gasteiger charge is -2.16. The Morgan fingerprint density at radius 3 is 2.35 bits per heavy atom. The van der Waals surface area contributed by atoms with E-state index < -0.39 is 0 Å². The van der Waals surface area contributed by atoms with Gasteiger partial charge in [0.05, 0.1) is 11.4 Å². The first-order chi connectivity index (χ1) is 9.52. The van der Waals surface area contributed by atoms with E-state index in [4.69, 9.17) is 4.74 Å². The van der Waals surface area contributed by atoms with Crippen LogP contribution in [0.15, 0.2) is 40.9 Å². The number of alkyl halides is 1. The van der Waals surface area contributed by atoms with Gasteiger partial charge in [-0.3, -0.25) is 0 Å². The second-order valence-corrected chi connectivity index (χ2v) is 6.61. The number of hydrogen-bond donors (Lipinski definition) is 0. The molecule has 2 aromatic carbocycles. The lowest BCUT2D eigenvalue weighted by molar-refractivity contribution is 0.340. The summed E-state index contributed by atoms with van der Waals surface area (Å²) in [4.78, 5) is 0.174. The third kappa shape index (κ3) is 3.44. The molecule has 0 heterocycles. The van der Waals surface area contributed by atoms with Crippen LogP contribution in [0.2, 0.25) is 0 Å². The Labute approximate surface area is 137 Å². The highest BCUT2D eigenvalue weighted by Gasteiger charge is 2.16. The summed E-state index contributed by atoms with van der Waals surface area (Å²) in [6, 6.07) is 12.7. The minimum Gasteiger partial charge on any atom is -0.494 e. The molecule has 0 saturated carbocycles. The van der Waals surface area contributed by atoms with Crippen LogP contribution in [0.1, 0.15) is 34.0 Å². The lowest BCUT2D eigenvalue weighted by Crippen LogP contribution is -1.98. The van der Waals surface area contributed by atoms with Crippen LogP contribution in [-0.2, 0) is 0 Å². The van der Waals surface area contributed by atoms with E-state index in [-0.39, 0.29) is 4.83 Å². The molecule has 1 unspecified atom stereocenters. The van der Waals surface area contributed by atoms with E-state index in [9.17, 15) is 0 Å². The van der Waals surface area contributed by atoms with E-state index in [0.717, 1.165) is 10.2 Å². The first kappa shape index (κ1) is 15.6. The quantitative estimate of drug-likeness (QED) is 0.579. The minimum atomic E-state index is 0.174. The molecule has 0 saturated heterocycles. The average Bonchev–Trinajstić information content (AvgIpc) is 2.38. The second-order valence-electron chi connectivity index (χ2n) is 4.84. The Morgan fingerprint density at radius 2 is 1.75 bits per heavy atom. The summed E-state index contributed by atoms with van der Waals surface area (Å²) in [6.07, 6.45) is 0. The summed E-state index contributed by atoms with van der Waals surface area (Å²) < 4.78 is 6.58. The van der Waals surface area contributed by atoms with Crippen molar-refractivity contribution in [1.82, 2.24) is 0 Å². The molecular formula is C17H18Br2O. The predicted molar refractivity (Wildman–Crippen MR) is 92.0 cm³/mol. The van der Waals surface area contributed by atoms with Gasteiger partial charge in [0.1, 0.15) is 5.75 Å². The monoisotopic (exact) mass is 396 g/mol. The molecule has 0 aliphatic heterocycles. The topological polar surface area (TPSA) is 9.23 Å². The van der Waals surface area contributed by atoms with Gasteiger partial charge in [-0.05, 0) is 49.6 Å². The molecule has 0 radical (unpaired) electrons. The van der Waals surface area contributed by atoms with Crippen molar-refractivity contribution in [3.05, 3.63) is 63.1 Å². The van der Waals surface area contributed by atoms with Gasteiger partial charge in [0.2, 0.25) is 0 Å². The summed E-state index contributed by atoms with van der Waals surface area (Å²) in [5.74, 6) is 0.892. The Kier molecular flexibility index (Phi) is 5.28. The fourth-order valence-electron chi connectivity index (χ4n) is 2.25. The highest BCUT2D eigenvalue weighted by Crippen LogP contribution is 2.38. The third-order valence-corrected chi connectivity index (χ3v) is 4.93. The van der Waals surface area contributed by atoms with Crippen molar-refractivity contribution in [1.29, 1.82) is 0 Å². The fraction of sp³-hybridized carbons (Fsp3) is 0.294. The van der Waals surface area contributed by atoms with E-state index in [1.54, 1.807) is 0 Å². The van der Waals surface area contributed by atoms with Crippen LogP contribution < -0.4 is 4.74 Å². The Balaban J connectivity index is 2.35. The molecule has 1 nitrogen and oxygen atoms in total. The van der Waals surface area contributed by atoms with Crippen LogP contribution in [0.4, 0.5) is 0 Å². The molecule has 0 fully saturated rings. The van der Waals surface area contributed by atoms with Crippen LogP contribution in [0.5, 0.6) is 5.75 Å². The highest BCUT2D eigenvalue weighted by molar-refractivity contribution is 9.11. The number of rotatable bonds is 4. The van der Waals surface area contributed by atoms with Gasteiger partial charge >= 0.3 is 0 Å². The lowest BCUT2D eigenvalue weighted by atomic mass is 9.99. The second kappa shape index (κ2) is 6.77. The Bertz CT molecular complexity index is 608. The molecule has 20 heavy (non-hydrogen) atoms. The van der Waals surface area contributed by atoms with Crippen LogP contribution in [0.3, 0.4) is 0 Å². The fourth-order valence-corrected chi connectivity index (χ4v) is 4.05. The zero-order valence-corrected chi connectivity index (χ0v) is 15.1. The number of benzene rings is 2. The molecule has 3 heteroatoms. The van der Waals surface area contributed by atoms with Crippen molar-refractivity contribution >= 4 is 31.9 Å². The normalized spacial score (nSPS) is 12.2. The smallest absolute Gasteiger partial charge is 0.120 e. The molecule has 0 spiro atoms. The molecule has 106 valence electrons. The van der Waals surface area contributed by atoms with E-state index in [0.29, 0.717) is 6.61 Å². The van der Waals surface area contributed by atoms with Crippen LogP contribution in [-0.4, -0.2) is 6.61 Å². The molecule has 2 aromatic rings. The maximum atomic E-state index is 5.52. The summed E-state index contributed by atoms with van der Waals surface area (Å²) in [5, 5.41) is 0. The number of hydrogen-bond acceptors (Lipinski definition) is 1. The molecule has 0 N–H and O–H groups in total. The first-order valence-electron chi connectivity index (χ1n) is 6.66. The van der Waals surface area contributed by atoms with Gasteiger partial charge < -0.3 is 4.74 Å². The van der Waals surface area contributed by atoms with E-state index in [2.05, 4.69) is 70.0 Å². The van der Waals surface area contributed by atoms with Gasteiger partial charge in [-0.1, -0.05) is 61.7 Å². The van der Waals surface area contributed by atoms with Gasteiger partial charge in [-0.15, -0.1) is 0 Å². The molecule has 1 atom stereocenters. The number of halogens is 2. The average molecular weight is 398 g/mol. The zero-order valence-electron chi connectivity index (χ0n) is 11.9. The van der Waals surface area contributed by atoms with Crippen molar-refractivity contribution in [2.24, 2.45) is 0 Å². The van der Waals surface area contributed by atoms with Crippen molar-refractivity contribution in [3.63, 3.8) is 0 Å².